The molecule has 0 radical (unpaired) electrons. The summed E-state index contributed by atoms with van der Waals surface area (Å²) < 4.78 is 252. The van der Waals surface area contributed by atoms with Gasteiger partial charge >= 0.3 is 0 Å². The number of rotatable bonds is 29. The summed E-state index contributed by atoms with van der Waals surface area (Å²) in [6, 6.07) is -1.83. The SMILES string of the molecule is [2H]C([2H])([2H])C([2H])([2H])C([2H])([2H])C([2H])([2H])C([2H])([2H])C([2H])([2H])C([2H])([2H])C([2H])([2H])C([2H])([2H])C([2H])([2H])C([2H])([2H])C([2H])([2H])C([2H])([2H])C([2H])([2H])C([2H])([2H])C(=O)N[C@@H](CO)[C@H](O)/C=C/CC/C=C\CCCCCCCCC. The Morgan fingerprint density at radius 2 is 1.29 bits per heavy atom. The van der Waals surface area contributed by atoms with E-state index >= 15 is 0 Å². The fourth-order valence-electron chi connectivity index (χ4n) is 2.89. The van der Waals surface area contributed by atoms with Gasteiger partial charge in [0, 0.05) is 48.9 Å². The Morgan fingerprint density at radius 1 is 0.763 bits per heavy atom. The highest BCUT2D eigenvalue weighted by Gasteiger charge is 2.17. The summed E-state index contributed by atoms with van der Waals surface area (Å²) in [6.45, 7) is -3.14. The number of amides is 1. The van der Waals surface area contributed by atoms with Gasteiger partial charge < -0.3 is 15.5 Å². The van der Waals surface area contributed by atoms with Crippen LogP contribution in [0.1, 0.15) is 210 Å². The van der Waals surface area contributed by atoms with Crippen molar-refractivity contribution >= 4 is 5.91 Å². The van der Waals surface area contributed by atoms with E-state index in [9.17, 15) is 15.0 Å². The second kappa shape index (κ2) is 30.4. The fourth-order valence-corrected chi connectivity index (χ4v) is 2.89. The third-order valence-electron chi connectivity index (χ3n) is 4.83. The van der Waals surface area contributed by atoms with Gasteiger partial charge in [-0.2, -0.15) is 0 Å². The van der Waals surface area contributed by atoms with Crippen molar-refractivity contribution in [1.29, 1.82) is 0 Å². The molecule has 0 unspecified atom stereocenters. The van der Waals surface area contributed by atoms with Gasteiger partial charge in [-0.1, -0.05) is 153 Å². The normalized spacial score (nSPS) is 31.2. The summed E-state index contributed by atoms with van der Waals surface area (Å²) >= 11 is 0. The van der Waals surface area contributed by atoms with Crippen LogP contribution in [-0.4, -0.2) is 34.9 Å². The Morgan fingerprint density at radius 3 is 1.89 bits per heavy atom. The Hall–Kier alpha value is -1.13. The summed E-state index contributed by atoms with van der Waals surface area (Å²) in [5.41, 5.74) is 0. The van der Waals surface area contributed by atoms with E-state index in [1.165, 1.54) is 25.3 Å². The summed E-state index contributed by atoms with van der Waals surface area (Å²) in [7, 11) is 0. The molecule has 0 fully saturated rings. The van der Waals surface area contributed by atoms with Crippen LogP contribution < -0.4 is 5.32 Å². The standard InChI is InChI=1S/C34H65NO3/c1-3-5-7-9-11-13-15-17-19-21-23-25-27-29-33(37)32(31-36)35-34(38)30-28-26-24-22-20-18-16-14-12-10-8-6-4-2/h19,21,27,29,32-33,36-37H,3-18,20,22-26,28,30-31H2,1-2H3,(H,35,38)/b21-19-,29-27+/t32-,33+/m0/s1/i2D3,4D2,6D2,8D2,10D2,12D2,14D2,16D2,18D2,20D2,22D2,24D2,26D2,28D2,30D2. The second-order valence-corrected chi connectivity index (χ2v) is 7.89. The maximum atomic E-state index is 13.3. The van der Waals surface area contributed by atoms with E-state index in [0.29, 0.717) is 12.8 Å². The molecule has 0 saturated carbocycles. The van der Waals surface area contributed by atoms with E-state index in [4.69, 9.17) is 42.5 Å². The van der Waals surface area contributed by atoms with E-state index in [-0.39, 0.29) is 0 Å². The molecule has 0 aromatic rings. The highest BCUT2D eigenvalue weighted by Crippen LogP contribution is 2.13. The zero-order valence-corrected chi connectivity index (χ0v) is 22.0. The molecule has 0 aromatic heterocycles. The predicted molar refractivity (Wildman–Crippen MR) is 165 cm³/mol. The van der Waals surface area contributed by atoms with Crippen LogP contribution in [0, 0.1) is 0 Å². The van der Waals surface area contributed by atoms with E-state index < -0.39 is 121 Å². The van der Waals surface area contributed by atoms with Crippen molar-refractivity contribution in [2.75, 3.05) is 6.61 Å². The molecule has 0 aliphatic carbocycles. The molecule has 0 bridgehead atoms. The number of carbonyl (C=O) groups is 1. The minimum absolute atomic E-state index is 0.349. The lowest BCUT2D eigenvalue weighted by molar-refractivity contribution is -0.123. The van der Waals surface area contributed by atoms with Crippen molar-refractivity contribution in [3.05, 3.63) is 24.3 Å². The number of aliphatic hydroxyl groups excluding tert-OH is 2. The third-order valence-corrected chi connectivity index (χ3v) is 4.83. The van der Waals surface area contributed by atoms with Crippen molar-refractivity contribution in [3.63, 3.8) is 0 Å². The summed E-state index contributed by atoms with van der Waals surface area (Å²) in [5.74, 6) is -2.19. The van der Waals surface area contributed by atoms with Crippen LogP contribution in [0.2, 0.25) is 0 Å². The second-order valence-electron chi connectivity index (χ2n) is 7.89. The first-order chi connectivity index (χ1) is 30.3. The molecule has 0 aliphatic heterocycles. The minimum atomic E-state index is -5.18. The van der Waals surface area contributed by atoms with Gasteiger partial charge in [-0.15, -0.1) is 0 Å². The Balaban J connectivity index is 6.83. The number of nitrogens with one attached hydrogen (secondary N) is 1. The van der Waals surface area contributed by atoms with E-state index in [1.54, 1.807) is 5.32 Å². The lowest BCUT2D eigenvalue weighted by Gasteiger charge is -2.19. The van der Waals surface area contributed by atoms with Gasteiger partial charge in [-0.3, -0.25) is 4.79 Å². The van der Waals surface area contributed by atoms with Crippen LogP contribution in [0.25, 0.3) is 0 Å². The maximum Gasteiger partial charge on any atom is 0.220 e. The van der Waals surface area contributed by atoms with Crippen LogP contribution >= 0.6 is 0 Å². The molecule has 4 heteroatoms. The lowest BCUT2D eigenvalue weighted by Crippen LogP contribution is -2.45. The molecular weight excluding hydrogens is 470 g/mol. The third kappa shape index (κ3) is 26.5. The largest absolute Gasteiger partial charge is 0.394 e. The monoisotopic (exact) mass is 567 g/mol. The molecule has 1 amide bonds. The summed E-state index contributed by atoms with van der Waals surface area (Å²) in [5, 5.41) is 22.2. The van der Waals surface area contributed by atoms with Crippen molar-refractivity contribution in [2.24, 2.45) is 0 Å². The van der Waals surface area contributed by atoms with E-state index in [0.717, 1.165) is 38.2 Å². The molecule has 0 rings (SSSR count). The first-order valence-corrected chi connectivity index (χ1v) is 12.7. The van der Waals surface area contributed by atoms with Crippen molar-refractivity contribution in [1.82, 2.24) is 5.32 Å². The summed E-state index contributed by atoms with van der Waals surface area (Å²) in [4.78, 5) is 13.3. The quantitative estimate of drug-likeness (QED) is 0.0624. The number of aliphatic hydroxyl groups is 2. The van der Waals surface area contributed by atoms with Crippen molar-refractivity contribution in [2.45, 2.75) is 179 Å². The molecule has 224 valence electrons. The van der Waals surface area contributed by atoms with Gasteiger partial charge in [0.15, 0.2) is 0 Å². The van der Waals surface area contributed by atoms with Crippen molar-refractivity contribution in [3.8, 4) is 0 Å². The summed E-state index contributed by atoms with van der Waals surface area (Å²) in [6.07, 6.45) is -54.5. The topological polar surface area (TPSA) is 69.6 Å². The molecule has 0 spiro atoms. The van der Waals surface area contributed by atoms with E-state index in [2.05, 4.69) is 6.92 Å². The number of hydrogen-bond acceptors (Lipinski definition) is 3. The number of unbranched alkanes of at least 4 members (excludes halogenated alkanes) is 8. The van der Waals surface area contributed by atoms with Gasteiger partial charge in [-0.05, 0) is 32.1 Å². The zero-order valence-electron chi connectivity index (χ0n) is 53.0. The molecule has 0 aliphatic rings. The number of hydrogen-bond donors (Lipinski definition) is 3. The fraction of sp³-hybridized carbons (Fsp3) is 0.853. The molecule has 2 atom stereocenters. The van der Waals surface area contributed by atoms with Gasteiger partial charge in [0.2, 0.25) is 5.91 Å². The molecule has 0 aromatic carbocycles. The molecule has 38 heavy (non-hydrogen) atoms. The number of allylic oxidation sites excluding steroid dienone is 3. The molecular formula is C34H65NO3. The highest BCUT2D eigenvalue weighted by molar-refractivity contribution is 5.76. The molecule has 3 N–H and O–H groups in total. The Bertz CT molecular complexity index is 1740. The maximum absolute atomic E-state index is 13.3. The molecule has 0 saturated heterocycles. The Kier molecular flexibility index (Phi) is 8.49. The predicted octanol–water partition coefficient (Wildman–Crippen LogP) is 9.34. The van der Waals surface area contributed by atoms with Gasteiger partial charge in [-0.25, -0.2) is 0 Å². The molecule has 0 heterocycles. The van der Waals surface area contributed by atoms with Crippen LogP contribution in [0.4, 0.5) is 0 Å². The van der Waals surface area contributed by atoms with E-state index in [1.807, 2.05) is 12.2 Å². The van der Waals surface area contributed by atoms with Crippen LogP contribution in [0.5, 0.6) is 0 Å². The van der Waals surface area contributed by atoms with Gasteiger partial charge in [0.1, 0.15) is 0 Å². The van der Waals surface area contributed by atoms with Gasteiger partial charge in [0.25, 0.3) is 0 Å². The smallest absolute Gasteiger partial charge is 0.220 e. The molecule has 4 nitrogen and oxygen atoms in total. The van der Waals surface area contributed by atoms with Crippen LogP contribution in [-0.2, 0) is 4.79 Å². The first kappa shape index (κ1) is 10.6. The average Bonchev–Trinajstić information content (AvgIpc) is 3.19. The van der Waals surface area contributed by atoms with Crippen molar-refractivity contribution < 1.29 is 57.5 Å². The highest BCUT2D eigenvalue weighted by atomic mass is 16.3. The Labute approximate surface area is 280 Å². The zero-order chi connectivity index (χ0) is 55.5. The van der Waals surface area contributed by atoms with Crippen LogP contribution in [0.15, 0.2) is 24.3 Å². The van der Waals surface area contributed by atoms with Crippen LogP contribution in [0.3, 0.4) is 0 Å². The average molecular weight is 567 g/mol. The first-order valence-electron chi connectivity index (χ1n) is 28.2. The number of carbonyl (C=O) groups excluding carboxylic acids is 1. The lowest BCUT2D eigenvalue weighted by atomic mass is 10.0. The minimum Gasteiger partial charge on any atom is -0.394 e. The van der Waals surface area contributed by atoms with Gasteiger partial charge in [0.05, 0.1) is 18.8 Å².